The number of aromatic nitrogens is 2. The van der Waals surface area contributed by atoms with Gasteiger partial charge in [-0.25, -0.2) is 4.98 Å². The highest BCUT2D eigenvalue weighted by molar-refractivity contribution is 7.18. The number of rotatable bonds is 10. The van der Waals surface area contributed by atoms with Crippen molar-refractivity contribution < 1.29 is 9.47 Å². The fourth-order valence-electron chi connectivity index (χ4n) is 4.36. The normalized spacial score (nSPS) is 13.5. The van der Waals surface area contributed by atoms with Crippen LogP contribution in [-0.2, 0) is 25.9 Å². The van der Waals surface area contributed by atoms with Crippen LogP contribution in [0.5, 0.6) is 11.5 Å². The Morgan fingerprint density at radius 1 is 1.09 bits per heavy atom. The molecule has 7 heteroatoms. The molecule has 0 saturated carbocycles. The van der Waals surface area contributed by atoms with Crippen LogP contribution in [0.4, 0.5) is 0 Å². The van der Waals surface area contributed by atoms with Crippen molar-refractivity contribution in [3.8, 4) is 11.5 Å². The summed E-state index contributed by atoms with van der Waals surface area (Å²) >= 11 is 1.73. The fraction of sp³-hybridized carbons (Fsp3) is 0.520. The molecule has 1 aliphatic rings. The maximum Gasteiger partial charge on any atom is 0.262 e. The Kier molecular flexibility index (Phi) is 7.48. The van der Waals surface area contributed by atoms with E-state index >= 15 is 0 Å². The predicted molar refractivity (Wildman–Crippen MR) is 130 cm³/mol. The quantitative estimate of drug-likeness (QED) is 0.416. The van der Waals surface area contributed by atoms with E-state index in [1.54, 1.807) is 18.4 Å². The van der Waals surface area contributed by atoms with Crippen molar-refractivity contribution in [1.29, 1.82) is 0 Å². The summed E-state index contributed by atoms with van der Waals surface area (Å²) in [6, 6.07) is 7.59. The molecule has 0 aliphatic heterocycles. The summed E-state index contributed by atoms with van der Waals surface area (Å²) in [7, 11) is 1.65. The molecular formula is C25H33N3O3S. The van der Waals surface area contributed by atoms with E-state index in [1.165, 1.54) is 16.9 Å². The molecular weight excluding hydrogens is 422 g/mol. The number of nitrogens with zero attached hydrogens (tertiary/aromatic N) is 3. The number of fused-ring (bicyclic) bond motifs is 3. The third kappa shape index (κ3) is 4.84. The Bertz CT molecular complexity index is 1100. The SMILES string of the molecule is CCN(CC)Cc1nc2sc3c(c2c(=O)n1CCCOc1ccc(OC)cc1)CCCC3. The average Bonchev–Trinajstić information content (AvgIpc) is 3.20. The molecule has 2 aromatic heterocycles. The number of hydrogen-bond acceptors (Lipinski definition) is 6. The molecule has 0 amide bonds. The Morgan fingerprint density at radius 2 is 1.81 bits per heavy atom. The Labute approximate surface area is 193 Å². The van der Waals surface area contributed by atoms with Crippen molar-refractivity contribution in [2.45, 2.75) is 59.0 Å². The van der Waals surface area contributed by atoms with Gasteiger partial charge in [-0.1, -0.05) is 13.8 Å². The summed E-state index contributed by atoms with van der Waals surface area (Å²) in [5, 5.41) is 0.865. The number of methoxy groups -OCH3 is 1. The summed E-state index contributed by atoms with van der Waals surface area (Å²) < 4.78 is 13.0. The van der Waals surface area contributed by atoms with Gasteiger partial charge in [0.25, 0.3) is 5.56 Å². The Balaban J connectivity index is 1.56. The molecule has 172 valence electrons. The second-order valence-corrected chi connectivity index (χ2v) is 9.30. The molecule has 0 spiro atoms. The monoisotopic (exact) mass is 455 g/mol. The third-order valence-corrected chi connectivity index (χ3v) is 7.45. The number of aryl methyl sites for hydroxylation is 2. The minimum absolute atomic E-state index is 0.126. The first-order valence-electron chi connectivity index (χ1n) is 11.7. The van der Waals surface area contributed by atoms with Crippen LogP contribution >= 0.6 is 11.3 Å². The third-order valence-electron chi connectivity index (χ3n) is 6.27. The van der Waals surface area contributed by atoms with Gasteiger partial charge >= 0.3 is 0 Å². The molecule has 32 heavy (non-hydrogen) atoms. The van der Waals surface area contributed by atoms with Crippen LogP contribution in [0.15, 0.2) is 29.1 Å². The van der Waals surface area contributed by atoms with Crippen molar-refractivity contribution >= 4 is 21.6 Å². The molecule has 0 radical (unpaired) electrons. The maximum absolute atomic E-state index is 13.6. The van der Waals surface area contributed by atoms with Gasteiger partial charge in [-0.15, -0.1) is 11.3 Å². The highest BCUT2D eigenvalue weighted by atomic mass is 32.1. The van der Waals surface area contributed by atoms with Gasteiger partial charge in [0.1, 0.15) is 22.2 Å². The fourth-order valence-corrected chi connectivity index (χ4v) is 5.63. The molecule has 0 bridgehead atoms. The van der Waals surface area contributed by atoms with Gasteiger partial charge < -0.3 is 9.47 Å². The zero-order chi connectivity index (χ0) is 22.5. The Hall–Kier alpha value is -2.38. The molecule has 0 unspecified atom stereocenters. The predicted octanol–water partition coefficient (Wildman–Crippen LogP) is 4.66. The molecule has 4 rings (SSSR count). The number of ether oxygens (including phenoxy) is 2. The molecule has 0 fully saturated rings. The average molecular weight is 456 g/mol. The van der Waals surface area contributed by atoms with Gasteiger partial charge in [0, 0.05) is 11.4 Å². The van der Waals surface area contributed by atoms with E-state index < -0.39 is 0 Å². The molecule has 0 N–H and O–H groups in total. The first-order chi connectivity index (χ1) is 15.6. The number of hydrogen-bond donors (Lipinski definition) is 0. The molecule has 0 atom stereocenters. The van der Waals surface area contributed by atoms with Gasteiger partial charge in [0.15, 0.2) is 0 Å². The second kappa shape index (κ2) is 10.5. The van der Waals surface area contributed by atoms with Crippen molar-refractivity contribution in [2.75, 3.05) is 26.8 Å². The first-order valence-corrected chi connectivity index (χ1v) is 12.5. The molecule has 1 aliphatic carbocycles. The molecule has 2 heterocycles. The lowest BCUT2D eigenvalue weighted by molar-refractivity contribution is 0.274. The highest BCUT2D eigenvalue weighted by Crippen LogP contribution is 2.34. The minimum Gasteiger partial charge on any atom is -0.497 e. The largest absolute Gasteiger partial charge is 0.497 e. The van der Waals surface area contributed by atoms with Crippen LogP contribution in [0.25, 0.3) is 10.2 Å². The zero-order valence-electron chi connectivity index (χ0n) is 19.4. The summed E-state index contributed by atoms with van der Waals surface area (Å²) in [5.74, 6) is 2.49. The van der Waals surface area contributed by atoms with Crippen LogP contribution in [-0.4, -0.2) is 41.3 Å². The molecule has 3 aromatic rings. The molecule has 0 saturated heterocycles. The minimum atomic E-state index is 0.126. The summed E-state index contributed by atoms with van der Waals surface area (Å²) in [6.45, 7) is 8.02. The van der Waals surface area contributed by atoms with E-state index in [9.17, 15) is 4.79 Å². The molecule has 1 aromatic carbocycles. The lowest BCUT2D eigenvalue weighted by atomic mass is 9.97. The van der Waals surface area contributed by atoms with Crippen LogP contribution in [0.3, 0.4) is 0 Å². The molecule has 6 nitrogen and oxygen atoms in total. The van der Waals surface area contributed by atoms with E-state index in [0.717, 1.165) is 66.3 Å². The second-order valence-electron chi connectivity index (χ2n) is 8.21. The van der Waals surface area contributed by atoms with E-state index in [0.29, 0.717) is 19.7 Å². The van der Waals surface area contributed by atoms with Crippen molar-refractivity contribution in [1.82, 2.24) is 14.5 Å². The van der Waals surface area contributed by atoms with E-state index in [4.69, 9.17) is 14.5 Å². The summed E-state index contributed by atoms with van der Waals surface area (Å²) in [5.41, 5.74) is 1.38. The van der Waals surface area contributed by atoms with Gasteiger partial charge in [0.2, 0.25) is 0 Å². The maximum atomic E-state index is 13.6. The van der Waals surface area contributed by atoms with Crippen molar-refractivity contribution in [3.63, 3.8) is 0 Å². The zero-order valence-corrected chi connectivity index (χ0v) is 20.2. The summed E-state index contributed by atoms with van der Waals surface area (Å²) in [6.07, 6.45) is 5.20. The number of thiophene rings is 1. The summed E-state index contributed by atoms with van der Waals surface area (Å²) in [4.78, 5) is 23.3. The van der Waals surface area contributed by atoms with Crippen molar-refractivity contribution in [3.05, 3.63) is 50.9 Å². The van der Waals surface area contributed by atoms with E-state index in [2.05, 4.69) is 18.7 Å². The van der Waals surface area contributed by atoms with Gasteiger partial charge in [-0.2, -0.15) is 0 Å². The van der Waals surface area contributed by atoms with Gasteiger partial charge in [0.05, 0.1) is 25.6 Å². The lowest BCUT2D eigenvalue weighted by Crippen LogP contribution is -2.31. The topological polar surface area (TPSA) is 56.6 Å². The van der Waals surface area contributed by atoms with Crippen LogP contribution in [0, 0.1) is 0 Å². The van der Waals surface area contributed by atoms with Crippen LogP contribution in [0.2, 0.25) is 0 Å². The number of benzene rings is 1. The smallest absolute Gasteiger partial charge is 0.262 e. The van der Waals surface area contributed by atoms with Crippen LogP contribution in [0.1, 0.15) is 49.4 Å². The van der Waals surface area contributed by atoms with Crippen molar-refractivity contribution in [2.24, 2.45) is 0 Å². The van der Waals surface area contributed by atoms with Gasteiger partial charge in [-0.3, -0.25) is 14.3 Å². The van der Waals surface area contributed by atoms with Crippen LogP contribution < -0.4 is 15.0 Å². The lowest BCUT2D eigenvalue weighted by Gasteiger charge is -2.20. The van der Waals surface area contributed by atoms with E-state index in [-0.39, 0.29) is 5.56 Å². The van der Waals surface area contributed by atoms with E-state index in [1.807, 2.05) is 28.8 Å². The Morgan fingerprint density at radius 3 is 2.53 bits per heavy atom. The van der Waals surface area contributed by atoms with Gasteiger partial charge in [-0.05, 0) is 75.0 Å². The highest BCUT2D eigenvalue weighted by Gasteiger charge is 2.22. The first kappa shape index (κ1) is 22.8. The standard InChI is InChI=1S/C25H33N3O3S/c1-4-27(5-2)17-22-26-24-23(20-9-6-7-10-21(20)32-24)25(29)28(22)15-8-16-31-19-13-11-18(30-3)12-14-19/h11-14H,4-10,15-17H2,1-3H3.